The van der Waals surface area contributed by atoms with Gasteiger partial charge in [-0.1, -0.05) is 66.5 Å². The van der Waals surface area contributed by atoms with E-state index in [9.17, 15) is 9.90 Å². The second kappa shape index (κ2) is 10.3. The van der Waals surface area contributed by atoms with Gasteiger partial charge in [0.15, 0.2) is 11.5 Å². The Hall–Kier alpha value is -2.24. The maximum Gasteiger partial charge on any atom is 0.358 e. The molecule has 0 bridgehead atoms. The molecule has 0 unspecified atom stereocenters. The number of benzene rings is 2. The first-order valence-electron chi connectivity index (χ1n) is 8.95. The summed E-state index contributed by atoms with van der Waals surface area (Å²) >= 11 is 12.7. The Bertz CT molecular complexity index is 842. The largest absolute Gasteiger partial charge is 0.486 e. The molecule has 0 aromatic heterocycles. The lowest BCUT2D eigenvalue weighted by molar-refractivity contribution is -0.129. The van der Waals surface area contributed by atoms with Crippen LogP contribution < -0.4 is 4.74 Å². The fourth-order valence-corrected chi connectivity index (χ4v) is 3.34. The van der Waals surface area contributed by atoms with Gasteiger partial charge in [-0.25, -0.2) is 4.79 Å². The van der Waals surface area contributed by atoms with Gasteiger partial charge in [0, 0.05) is 5.56 Å². The fraction of sp³-hybridized carbons (Fsp3) is 0.333. The summed E-state index contributed by atoms with van der Waals surface area (Å²) in [6, 6.07) is 10.6. The van der Waals surface area contributed by atoms with Crippen molar-refractivity contribution in [1.29, 1.82) is 0 Å². The van der Waals surface area contributed by atoms with Crippen molar-refractivity contribution in [2.24, 2.45) is 11.1 Å². The SMILES string of the molecule is CCON=C(C(=O)O)c1ccccc1COc1c(Cl)cc(CC(C)C)cc1Cl. The minimum absolute atomic E-state index is 0.0809. The van der Waals surface area contributed by atoms with Gasteiger partial charge in [-0.05, 0) is 42.5 Å². The van der Waals surface area contributed by atoms with E-state index in [0.29, 0.717) is 32.8 Å². The standard InChI is InChI=1S/C21H23Cl2NO4/c1-4-28-24-19(21(25)26)16-8-6-5-7-15(16)12-27-20-17(22)10-14(9-13(2)3)11-18(20)23/h5-8,10-11,13H,4,9,12H2,1-3H3,(H,25,26). The maximum atomic E-state index is 11.6. The molecule has 0 aliphatic heterocycles. The van der Waals surface area contributed by atoms with E-state index < -0.39 is 5.97 Å². The molecule has 7 heteroatoms. The highest BCUT2D eigenvalue weighted by molar-refractivity contribution is 6.42. The third-order valence-corrected chi connectivity index (χ3v) is 4.40. The predicted octanol–water partition coefficient (Wildman–Crippen LogP) is 5.60. The molecule has 0 heterocycles. The fourth-order valence-electron chi connectivity index (χ4n) is 2.70. The molecule has 2 aromatic rings. The van der Waals surface area contributed by atoms with Gasteiger partial charge in [-0.15, -0.1) is 0 Å². The van der Waals surface area contributed by atoms with Crippen LogP contribution in [0.15, 0.2) is 41.6 Å². The van der Waals surface area contributed by atoms with Crippen LogP contribution in [0.25, 0.3) is 0 Å². The Kier molecular flexibility index (Phi) is 8.15. The van der Waals surface area contributed by atoms with Gasteiger partial charge in [0.1, 0.15) is 13.2 Å². The minimum Gasteiger partial charge on any atom is -0.486 e. The lowest BCUT2D eigenvalue weighted by Crippen LogP contribution is -2.18. The molecule has 5 nitrogen and oxygen atoms in total. The Morgan fingerprint density at radius 3 is 2.39 bits per heavy atom. The summed E-state index contributed by atoms with van der Waals surface area (Å²) in [6.07, 6.45) is 0.860. The Morgan fingerprint density at radius 1 is 1.18 bits per heavy atom. The molecular weight excluding hydrogens is 401 g/mol. The van der Waals surface area contributed by atoms with Gasteiger partial charge in [0.25, 0.3) is 0 Å². The summed E-state index contributed by atoms with van der Waals surface area (Å²) in [4.78, 5) is 16.5. The molecule has 2 rings (SSSR count). The molecule has 0 radical (unpaired) electrons. The molecule has 0 aliphatic rings. The van der Waals surface area contributed by atoms with Crippen molar-refractivity contribution in [2.75, 3.05) is 6.61 Å². The number of hydrogen-bond donors (Lipinski definition) is 1. The van der Waals surface area contributed by atoms with Crippen molar-refractivity contribution in [3.05, 3.63) is 63.1 Å². The highest BCUT2D eigenvalue weighted by atomic mass is 35.5. The number of halogens is 2. The molecule has 0 spiro atoms. The molecule has 0 saturated heterocycles. The molecule has 28 heavy (non-hydrogen) atoms. The van der Waals surface area contributed by atoms with Crippen LogP contribution in [0.2, 0.25) is 10.0 Å². The Labute approximate surface area is 174 Å². The smallest absolute Gasteiger partial charge is 0.358 e. The van der Waals surface area contributed by atoms with E-state index in [1.54, 1.807) is 31.2 Å². The second-order valence-electron chi connectivity index (χ2n) is 6.60. The summed E-state index contributed by atoms with van der Waals surface area (Å²) in [5, 5.41) is 14.0. The van der Waals surface area contributed by atoms with Crippen LogP contribution in [0.4, 0.5) is 0 Å². The van der Waals surface area contributed by atoms with E-state index in [-0.39, 0.29) is 18.9 Å². The quantitative estimate of drug-likeness (QED) is 0.421. The zero-order valence-electron chi connectivity index (χ0n) is 16.0. The van der Waals surface area contributed by atoms with Crippen molar-refractivity contribution >= 4 is 34.9 Å². The van der Waals surface area contributed by atoms with Crippen molar-refractivity contribution in [3.8, 4) is 5.75 Å². The number of oxime groups is 1. The van der Waals surface area contributed by atoms with Crippen molar-refractivity contribution < 1.29 is 19.5 Å². The van der Waals surface area contributed by atoms with Gasteiger partial charge < -0.3 is 14.7 Å². The monoisotopic (exact) mass is 423 g/mol. The highest BCUT2D eigenvalue weighted by Crippen LogP contribution is 2.35. The third kappa shape index (κ3) is 5.88. The molecule has 0 atom stereocenters. The number of rotatable bonds is 9. The summed E-state index contributed by atoms with van der Waals surface area (Å²) in [7, 11) is 0. The summed E-state index contributed by atoms with van der Waals surface area (Å²) in [6.45, 7) is 6.31. The van der Waals surface area contributed by atoms with Crippen LogP contribution >= 0.6 is 23.2 Å². The van der Waals surface area contributed by atoms with Gasteiger partial charge in [0.05, 0.1) is 10.0 Å². The number of nitrogens with zero attached hydrogens (tertiary/aromatic N) is 1. The number of ether oxygens (including phenoxy) is 1. The zero-order valence-corrected chi connectivity index (χ0v) is 17.5. The van der Waals surface area contributed by atoms with Crippen LogP contribution in [0.5, 0.6) is 5.75 Å². The van der Waals surface area contributed by atoms with Crippen molar-refractivity contribution in [2.45, 2.75) is 33.8 Å². The topological polar surface area (TPSA) is 68.1 Å². The molecule has 2 aromatic carbocycles. The number of aliphatic carboxylic acids is 1. The van der Waals surface area contributed by atoms with E-state index in [4.69, 9.17) is 32.8 Å². The third-order valence-electron chi connectivity index (χ3n) is 3.83. The van der Waals surface area contributed by atoms with Crippen molar-refractivity contribution in [3.63, 3.8) is 0 Å². The number of hydrogen-bond acceptors (Lipinski definition) is 4. The Balaban J connectivity index is 2.28. The average molecular weight is 424 g/mol. The normalized spacial score (nSPS) is 11.6. The van der Waals surface area contributed by atoms with Gasteiger partial charge in [-0.3, -0.25) is 0 Å². The molecule has 0 aliphatic carbocycles. The zero-order chi connectivity index (χ0) is 20.7. The first-order valence-corrected chi connectivity index (χ1v) is 9.71. The Morgan fingerprint density at radius 2 is 1.82 bits per heavy atom. The first-order chi connectivity index (χ1) is 13.3. The van der Waals surface area contributed by atoms with E-state index in [1.807, 2.05) is 12.1 Å². The van der Waals surface area contributed by atoms with Crippen LogP contribution in [0.3, 0.4) is 0 Å². The second-order valence-corrected chi connectivity index (χ2v) is 7.41. The number of carboxylic acid groups (broad SMARTS) is 1. The van der Waals surface area contributed by atoms with E-state index in [1.165, 1.54) is 0 Å². The van der Waals surface area contributed by atoms with Gasteiger partial charge in [0.2, 0.25) is 0 Å². The molecular formula is C21H23Cl2NO4. The maximum absolute atomic E-state index is 11.6. The van der Waals surface area contributed by atoms with E-state index in [0.717, 1.165) is 12.0 Å². The summed E-state index contributed by atoms with van der Waals surface area (Å²) in [5.41, 5.74) is 1.88. The molecule has 0 fully saturated rings. The van der Waals surface area contributed by atoms with Crippen LogP contribution in [-0.4, -0.2) is 23.4 Å². The van der Waals surface area contributed by atoms with Crippen LogP contribution in [-0.2, 0) is 22.7 Å². The molecule has 0 saturated carbocycles. The highest BCUT2D eigenvalue weighted by Gasteiger charge is 2.18. The summed E-state index contributed by atoms with van der Waals surface area (Å²) < 4.78 is 5.84. The molecule has 1 N–H and O–H groups in total. The predicted molar refractivity (Wildman–Crippen MR) is 112 cm³/mol. The van der Waals surface area contributed by atoms with Gasteiger partial charge in [-0.2, -0.15) is 0 Å². The molecule has 150 valence electrons. The number of carboxylic acids is 1. The average Bonchev–Trinajstić information content (AvgIpc) is 2.61. The van der Waals surface area contributed by atoms with Gasteiger partial charge >= 0.3 is 5.97 Å². The minimum atomic E-state index is -1.19. The first kappa shape index (κ1) is 22.1. The lowest BCUT2D eigenvalue weighted by Gasteiger charge is -2.14. The molecule has 0 amide bonds. The van der Waals surface area contributed by atoms with E-state index >= 15 is 0 Å². The van der Waals surface area contributed by atoms with Crippen LogP contribution in [0.1, 0.15) is 37.5 Å². The lowest BCUT2D eigenvalue weighted by atomic mass is 10.0. The van der Waals surface area contributed by atoms with Crippen LogP contribution in [0, 0.1) is 5.92 Å². The summed E-state index contributed by atoms with van der Waals surface area (Å²) in [5.74, 6) is -0.343. The van der Waals surface area contributed by atoms with Crippen molar-refractivity contribution in [1.82, 2.24) is 0 Å². The number of carbonyl (C=O) groups is 1. The van der Waals surface area contributed by atoms with E-state index in [2.05, 4.69) is 19.0 Å².